The molecular weight excluding hydrogens is 477 g/mol. The largest absolute Gasteiger partial charge is 0.377 e. The lowest BCUT2D eigenvalue weighted by Crippen LogP contribution is -2.44. The number of aliphatic imine (C=N–C) groups is 1. The van der Waals surface area contributed by atoms with Crippen LogP contribution in [-0.4, -0.2) is 51.4 Å². The molecule has 2 N–H and O–H groups in total. The van der Waals surface area contributed by atoms with Crippen molar-refractivity contribution in [3.05, 3.63) is 41.5 Å². The smallest absolute Gasteiger partial charge is 0.191 e. The van der Waals surface area contributed by atoms with E-state index in [0.717, 1.165) is 57.5 Å². The monoisotopic (exact) mass is 506 g/mol. The molecule has 3 rings (SSSR count). The van der Waals surface area contributed by atoms with Gasteiger partial charge in [0, 0.05) is 38.3 Å². The first-order chi connectivity index (χ1) is 13.2. The van der Waals surface area contributed by atoms with Crippen molar-refractivity contribution >= 4 is 35.6 Å². The molecule has 1 aromatic rings. The van der Waals surface area contributed by atoms with E-state index >= 15 is 0 Å². The van der Waals surface area contributed by atoms with Gasteiger partial charge in [-0.25, -0.2) is 8.78 Å². The van der Waals surface area contributed by atoms with Crippen LogP contribution in [0.3, 0.4) is 0 Å². The van der Waals surface area contributed by atoms with Crippen molar-refractivity contribution in [2.45, 2.75) is 32.2 Å². The van der Waals surface area contributed by atoms with Gasteiger partial charge in [0.2, 0.25) is 0 Å². The molecule has 156 valence electrons. The molecule has 1 fully saturated rings. The first-order valence-electron chi connectivity index (χ1n) is 9.66. The number of guanidine groups is 1. The van der Waals surface area contributed by atoms with Crippen LogP contribution in [0.2, 0.25) is 0 Å². The summed E-state index contributed by atoms with van der Waals surface area (Å²) >= 11 is 0. The van der Waals surface area contributed by atoms with E-state index < -0.39 is 11.6 Å². The highest BCUT2D eigenvalue weighted by atomic mass is 127. The predicted molar refractivity (Wildman–Crippen MR) is 120 cm³/mol. The van der Waals surface area contributed by atoms with Crippen LogP contribution >= 0.6 is 24.0 Å². The molecule has 0 bridgehead atoms. The summed E-state index contributed by atoms with van der Waals surface area (Å²) in [5.74, 6) is -0.274. The zero-order valence-corrected chi connectivity index (χ0v) is 18.5. The van der Waals surface area contributed by atoms with Gasteiger partial charge in [-0.3, -0.25) is 4.99 Å². The minimum atomic E-state index is -0.550. The van der Waals surface area contributed by atoms with Crippen LogP contribution in [0.5, 0.6) is 0 Å². The molecule has 8 heteroatoms. The second kappa shape index (κ2) is 11.5. The predicted octanol–water partition coefficient (Wildman–Crippen LogP) is 3.45. The van der Waals surface area contributed by atoms with Gasteiger partial charge in [0.05, 0.1) is 18.9 Å². The highest BCUT2D eigenvalue weighted by Gasteiger charge is 2.25. The average Bonchev–Trinajstić information content (AvgIpc) is 3.11. The number of benzene rings is 1. The van der Waals surface area contributed by atoms with E-state index in [1.807, 2.05) is 11.8 Å². The number of hydrogen-bond donors (Lipinski definition) is 2. The minimum absolute atomic E-state index is 0. The van der Waals surface area contributed by atoms with E-state index in [1.165, 1.54) is 17.7 Å². The second-order valence-electron chi connectivity index (χ2n) is 6.87. The lowest BCUT2D eigenvalue weighted by molar-refractivity contribution is 0.153. The van der Waals surface area contributed by atoms with Gasteiger partial charge in [-0.1, -0.05) is 11.6 Å². The molecule has 0 spiro atoms. The maximum absolute atomic E-state index is 14.0. The Labute approximate surface area is 182 Å². The second-order valence-corrected chi connectivity index (χ2v) is 6.87. The molecule has 0 amide bonds. The van der Waals surface area contributed by atoms with Gasteiger partial charge in [-0.2, -0.15) is 0 Å². The van der Waals surface area contributed by atoms with Gasteiger partial charge in [0.1, 0.15) is 11.6 Å². The molecule has 2 heterocycles. The summed E-state index contributed by atoms with van der Waals surface area (Å²) in [6, 6.07) is 3.92. The topological polar surface area (TPSA) is 48.9 Å². The van der Waals surface area contributed by atoms with Crippen LogP contribution < -0.4 is 15.5 Å². The summed E-state index contributed by atoms with van der Waals surface area (Å²) in [5, 5.41) is 6.71. The van der Waals surface area contributed by atoms with Crippen molar-refractivity contribution in [1.29, 1.82) is 0 Å². The zero-order chi connectivity index (χ0) is 19.1. The standard InChI is InChI=1S/C20H28F2N4O.HI/c1-2-23-20(24-9-5-15-7-11-27-12-8-15)25-17-6-10-26(14-17)19-4-3-16(21)13-18(19)22;/h3-4,7,13,17H,2,5-6,8-12,14H2,1H3,(H2,23,24,25);1H. The summed E-state index contributed by atoms with van der Waals surface area (Å²) in [6.45, 7) is 6.44. The molecule has 1 aromatic carbocycles. The molecule has 5 nitrogen and oxygen atoms in total. The fourth-order valence-electron chi connectivity index (χ4n) is 3.45. The quantitative estimate of drug-likeness (QED) is 0.269. The number of rotatable bonds is 6. The normalized spacial score (nSPS) is 19.8. The lowest BCUT2D eigenvalue weighted by atomic mass is 10.1. The average molecular weight is 506 g/mol. The van der Waals surface area contributed by atoms with Crippen LogP contribution in [0.4, 0.5) is 14.5 Å². The van der Waals surface area contributed by atoms with E-state index in [1.54, 1.807) is 0 Å². The summed E-state index contributed by atoms with van der Waals surface area (Å²) in [4.78, 5) is 6.62. The van der Waals surface area contributed by atoms with E-state index in [9.17, 15) is 8.78 Å². The highest BCUT2D eigenvalue weighted by Crippen LogP contribution is 2.24. The van der Waals surface area contributed by atoms with Crippen LogP contribution in [0.25, 0.3) is 0 Å². The number of nitrogens with one attached hydrogen (secondary N) is 2. The summed E-state index contributed by atoms with van der Waals surface area (Å²) in [5.41, 5.74) is 1.86. The molecule has 1 atom stereocenters. The van der Waals surface area contributed by atoms with Gasteiger partial charge in [0.15, 0.2) is 5.96 Å². The maximum Gasteiger partial charge on any atom is 0.191 e. The Morgan fingerprint density at radius 3 is 2.93 bits per heavy atom. The van der Waals surface area contributed by atoms with E-state index in [0.29, 0.717) is 18.8 Å². The molecule has 28 heavy (non-hydrogen) atoms. The van der Waals surface area contributed by atoms with E-state index in [4.69, 9.17) is 4.74 Å². The van der Waals surface area contributed by atoms with Crippen LogP contribution in [0, 0.1) is 11.6 Å². The molecule has 2 aliphatic rings. The van der Waals surface area contributed by atoms with Gasteiger partial charge in [0.25, 0.3) is 0 Å². The molecule has 0 saturated carbocycles. The number of anilines is 1. The molecule has 0 radical (unpaired) electrons. The Morgan fingerprint density at radius 1 is 1.36 bits per heavy atom. The lowest BCUT2D eigenvalue weighted by Gasteiger charge is -2.21. The summed E-state index contributed by atoms with van der Waals surface area (Å²) in [7, 11) is 0. The Bertz CT molecular complexity index is 699. The van der Waals surface area contributed by atoms with Crippen molar-refractivity contribution in [3.8, 4) is 0 Å². The molecule has 1 unspecified atom stereocenters. The first kappa shape index (κ1) is 22.9. The minimum Gasteiger partial charge on any atom is -0.377 e. The van der Waals surface area contributed by atoms with Gasteiger partial charge < -0.3 is 20.3 Å². The number of nitrogens with zero attached hydrogens (tertiary/aromatic N) is 2. The van der Waals surface area contributed by atoms with Crippen molar-refractivity contribution in [2.75, 3.05) is 44.3 Å². The number of hydrogen-bond acceptors (Lipinski definition) is 3. The van der Waals surface area contributed by atoms with Crippen molar-refractivity contribution in [1.82, 2.24) is 10.6 Å². The molecule has 0 aromatic heterocycles. The fraction of sp³-hybridized carbons (Fsp3) is 0.550. The summed E-state index contributed by atoms with van der Waals surface area (Å²) < 4.78 is 32.4. The third kappa shape index (κ3) is 6.58. The summed E-state index contributed by atoms with van der Waals surface area (Å²) in [6.07, 6.45) is 4.95. The number of ether oxygens (including phenoxy) is 1. The van der Waals surface area contributed by atoms with Crippen LogP contribution in [0.15, 0.2) is 34.8 Å². The Morgan fingerprint density at radius 2 is 2.21 bits per heavy atom. The SMILES string of the molecule is CCNC(=NCCC1=CCOCC1)NC1CCN(c2ccc(F)cc2F)C1.I. The molecule has 1 saturated heterocycles. The fourth-order valence-corrected chi connectivity index (χ4v) is 3.45. The Balaban J connectivity index is 0.00000280. The first-order valence-corrected chi connectivity index (χ1v) is 9.66. The Kier molecular flexibility index (Phi) is 9.43. The van der Waals surface area contributed by atoms with Gasteiger partial charge in [-0.05, 0) is 38.3 Å². The molecule has 0 aliphatic carbocycles. The van der Waals surface area contributed by atoms with E-state index in [-0.39, 0.29) is 30.0 Å². The van der Waals surface area contributed by atoms with Gasteiger partial charge in [-0.15, -0.1) is 24.0 Å². The van der Waals surface area contributed by atoms with E-state index in [2.05, 4.69) is 21.7 Å². The van der Waals surface area contributed by atoms with Crippen LogP contribution in [-0.2, 0) is 4.74 Å². The zero-order valence-electron chi connectivity index (χ0n) is 16.2. The third-order valence-corrected chi connectivity index (χ3v) is 4.88. The van der Waals surface area contributed by atoms with Crippen molar-refractivity contribution in [2.24, 2.45) is 4.99 Å². The highest BCUT2D eigenvalue weighted by molar-refractivity contribution is 14.0. The Hall–Kier alpha value is -1.42. The van der Waals surface area contributed by atoms with Crippen LogP contribution in [0.1, 0.15) is 26.2 Å². The van der Waals surface area contributed by atoms with Crippen molar-refractivity contribution in [3.63, 3.8) is 0 Å². The molecule has 2 aliphatic heterocycles. The third-order valence-electron chi connectivity index (χ3n) is 4.88. The van der Waals surface area contributed by atoms with Gasteiger partial charge >= 0.3 is 0 Å². The number of halogens is 3. The maximum atomic E-state index is 14.0. The molecular formula is C20H29F2IN4O. The van der Waals surface area contributed by atoms with Crippen molar-refractivity contribution < 1.29 is 13.5 Å².